The number of carbonyl (C=O) groups excluding carboxylic acids is 1. The fourth-order valence-corrected chi connectivity index (χ4v) is 2.04. The molecule has 0 saturated carbocycles. The molecule has 1 aromatic carbocycles. The molecule has 1 amide bonds. The van der Waals surface area contributed by atoms with Gasteiger partial charge in [0.15, 0.2) is 11.5 Å². The topological polar surface area (TPSA) is 77.7 Å². The molecule has 1 heterocycles. The van der Waals surface area contributed by atoms with Gasteiger partial charge in [0.25, 0.3) is 5.91 Å². The molecule has 0 saturated heterocycles. The van der Waals surface area contributed by atoms with Gasteiger partial charge in [-0.15, -0.1) is 5.10 Å². The Morgan fingerprint density at radius 3 is 2.81 bits per heavy atom. The molecular weight excluding hydrogens is 346 g/mol. The summed E-state index contributed by atoms with van der Waals surface area (Å²) in [6, 6.07) is 4.73. The van der Waals surface area contributed by atoms with Crippen molar-refractivity contribution in [2.75, 3.05) is 20.8 Å². The van der Waals surface area contributed by atoms with Gasteiger partial charge in [-0.3, -0.25) is 4.79 Å². The Hall–Kier alpha value is -3.23. The maximum atomic E-state index is 13.8. The lowest BCUT2D eigenvalue weighted by Gasteiger charge is -2.05. The first kappa shape index (κ1) is 19.1. The van der Waals surface area contributed by atoms with E-state index in [0.717, 1.165) is 12.1 Å². The first-order chi connectivity index (χ1) is 12.5. The maximum Gasteiger partial charge on any atom is 0.273 e. The fourth-order valence-electron chi connectivity index (χ4n) is 2.04. The van der Waals surface area contributed by atoms with Crippen LogP contribution in [-0.2, 0) is 9.63 Å². The van der Waals surface area contributed by atoms with Gasteiger partial charge in [-0.25, -0.2) is 13.5 Å². The number of halogens is 2. The van der Waals surface area contributed by atoms with Crippen molar-refractivity contribution in [1.29, 1.82) is 0 Å². The average molecular weight is 364 g/mol. The van der Waals surface area contributed by atoms with Gasteiger partial charge in [0.1, 0.15) is 25.2 Å². The number of benzene rings is 1. The molecule has 2 aromatic rings. The van der Waals surface area contributed by atoms with E-state index in [0.29, 0.717) is 5.57 Å². The summed E-state index contributed by atoms with van der Waals surface area (Å²) in [6.45, 7) is 1.79. The first-order valence-corrected chi connectivity index (χ1v) is 7.60. The van der Waals surface area contributed by atoms with Crippen LogP contribution in [-0.4, -0.2) is 42.2 Å². The SMILES string of the molecule is CNC(=O)C(=N/OC)/C(C)=C\COc1ccn(-c2ccc(F)cc2F)n1. The predicted octanol–water partition coefficient (Wildman–Crippen LogP) is 2.22. The number of hydrogen-bond acceptors (Lipinski definition) is 5. The summed E-state index contributed by atoms with van der Waals surface area (Å²) < 4.78 is 33.4. The highest BCUT2D eigenvalue weighted by Crippen LogP contribution is 2.16. The van der Waals surface area contributed by atoms with E-state index in [9.17, 15) is 13.6 Å². The Bertz CT molecular complexity index is 846. The van der Waals surface area contributed by atoms with Crippen molar-refractivity contribution in [2.24, 2.45) is 5.16 Å². The van der Waals surface area contributed by atoms with Crippen LogP contribution in [0.3, 0.4) is 0 Å². The molecule has 0 spiro atoms. The second-order valence-electron chi connectivity index (χ2n) is 5.09. The number of rotatable bonds is 7. The molecule has 1 aromatic heterocycles. The van der Waals surface area contributed by atoms with Crippen molar-refractivity contribution >= 4 is 11.6 Å². The van der Waals surface area contributed by atoms with Gasteiger partial charge in [-0.1, -0.05) is 5.16 Å². The van der Waals surface area contributed by atoms with E-state index in [1.807, 2.05) is 0 Å². The second kappa shape index (κ2) is 8.75. The summed E-state index contributed by atoms with van der Waals surface area (Å²) in [7, 11) is 2.83. The number of aromatic nitrogens is 2. The average Bonchev–Trinajstić information content (AvgIpc) is 3.07. The zero-order valence-electron chi connectivity index (χ0n) is 14.5. The van der Waals surface area contributed by atoms with E-state index in [1.54, 1.807) is 13.0 Å². The van der Waals surface area contributed by atoms with Gasteiger partial charge >= 0.3 is 0 Å². The van der Waals surface area contributed by atoms with Gasteiger partial charge in [-0.2, -0.15) is 0 Å². The summed E-state index contributed by atoms with van der Waals surface area (Å²) in [5.41, 5.74) is 0.773. The van der Waals surface area contributed by atoms with Crippen molar-refractivity contribution in [1.82, 2.24) is 15.1 Å². The van der Waals surface area contributed by atoms with Crippen LogP contribution in [0, 0.1) is 11.6 Å². The van der Waals surface area contributed by atoms with Crippen LogP contribution in [0.2, 0.25) is 0 Å². The van der Waals surface area contributed by atoms with Crippen LogP contribution >= 0.6 is 0 Å². The van der Waals surface area contributed by atoms with Crippen molar-refractivity contribution in [3.63, 3.8) is 0 Å². The molecule has 7 nitrogen and oxygen atoms in total. The Labute approximate surface area is 148 Å². The largest absolute Gasteiger partial charge is 0.472 e. The minimum Gasteiger partial charge on any atom is -0.472 e. The number of hydrogen-bond donors (Lipinski definition) is 1. The summed E-state index contributed by atoms with van der Waals surface area (Å²) >= 11 is 0. The van der Waals surface area contributed by atoms with E-state index < -0.39 is 17.5 Å². The third-order valence-electron chi connectivity index (χ3n) is 3.34. The molecule has 0 atom stereocenters. The van der Waals surface area contributed by atoms with Crippen molar-refractivity contribution in [2.45, 2.75) is 6.92 Å². The standard InChI is InChI=1S/C17H18F2N4O3/c1-11(16(22-25-3)17(24)20-2)7-9-26-15-6-8-23(21-15)14-5-4-12(18)10-13(14)19/h4-8,10H,9H2,1-3H3,(H,20,24)/b11-7-,22-16+. The van der Waals surface area contributed by atoms with E-state index in [4.69, 9.17) is 4.74 Å². The van der Waals surface area contributed by atoms with Gasteiger partial charge < -0.3 is 14.9 Å². The molecule has 9 heteroatoms. The third kappa shape index (κ3) is 4.65. The van der Waals surface area contributed by atoms with Gasteiger partial charge in [-0.05, 0) is 30.7 Å². The number of amides is 1. The van der Waals surface area contributed by atoms with E-state index in [-0.39, 0.29) is 23.9 Å². The first-order valence-electron chi connectivity index (χ1n) is 7.60. The Morgan fingerprint density at radius 2 is 2.15 bits per heavy atom. The van der Waals surface area contributed by atoms with E-state index in [1.165, 1.54) is 37.2 Å². The van der Waals surface area contributed by atoms with Crippen LogP contribution in [0.5, 0.6) is 5.88 Å². The predicted molar refractivity (Wildman–Crippen MR) is 91.2 cm³/mol. The number of ether oxygens (including phenoxy) is 1. The number of carbonyl (C=O) groups is 1. The monoisotopic (exact) mass is 364 g/mol. The minimum atomic E-state index is -0.735. The van der Waals surface area contributed by atoms with Crippen molar-refractivity contribution < 1.29 is 23.1 Å². The Kier molecular flexibility index (Phi) is 6.42. The molecular formula is C17H18F2N4O3. The molecule has 0 fully saturated rings. The molecule has 0 aliphatic carbocycles. The minimum absolute atomic E-state index is 0.0992. The van der Waals surface area contributed by atoms with E-state index >= 15 is 0 Å². The molecule has 0 aliphatic rings. The zero-order valence-corrected chi connectivity index (χ0v) is 14.5. The summed E-state index contributed by atoms with van der Waals surface area (Å²) in [4.78, 5) is 16.4. The smallest absolute Gasteiger partial charge is 0.273 e. The van der Waals surface area contributed by atoms with Crippen LogP contribution < -0.4 is 10.1 Å². The van der Waals surface area contributed by atoms with Crippen molar-refractivity contribution in [3.05, 3.63) is 53.7 Å². The molecule has 0 aliphatic heterocycles. The molecule has 2 rings (SSSR count). The van der Waals surface area contributed by atoms with E-state index in [2.05, 4.69) is 20.4 Å². The second-order valence-corrected chi connectivity index (χ2v) is 5.09. The van der Waals surface area contributed by atoms with Gasteiger partial charge in [0, 0.05) is 25.4 Å². The Morgan fingerprint density at radius 1 is 1.38 bits per heavy atom. The molecule has 0 unspecified atom stereocenters. The van der Waals surface area contributed by atoms with Crippen LogP contribution in [0.4, 0.5) is 8.78 Å². The highest BCUT2D eigenvalue weighted by Gasteiger charge is 2.13. The molecule has 0 radical (unpaired) electrons. The number of nitrogens with zero attached hydrogens (tertiary/aromatic N) is 3. The summed E-state index contributed by atoms with van der Waals surface area (Å²) in [5.74, 6) is -1.55. The zero-order chi connectivity index (χ0) is 19.1. The lowest BCUT2D eigenvalue weighted by molar-refractivity contribution is -0.114. The lowest BCUT2D eigenvalue weighted by atomic mass is 10.1. The normalized spacial score (nSPS) is 12.0. The third-order valence-corrected chi connectivity index (χ3v) is 3.34. The lowest BCUT2D eigenvalue weighted by Crippen LogP contribution is -2.28. The summed E-state index contributed by atoms with van der Waals surface area (Å²) in [5, 5.41) is 10.2. The van der Waals surface area contributed by atoms with Crippen LogP contribution in [0.15, 0.2) is 47.3 Å². The van der Waals surface area contributed by atoms with Crippen LogP contribution in [0.1, 0.15) is 6.92 Å². The molecule has 26 heavy (non-hydrogen) atoms. The highest BCUT2D eigenvalue weighted by molar-refractivity contribution is 6.44. The summed E-state index contributed by atoms with van der Waals surface area (Å²) in [6.07, 6.45) is 3.12. The molecule has 1 N–H and O–H groups in total. The number of nitrogens with one attached hydrogen (secondary N) is 1. The highest BCUT2D eigenvalue weighted by atomic mass is 19.1. The quantitative estimate of drug-likeness (QED) is 0.604. The van der Waals surface area contributed by atoms with Gasteiger partial charge in [0.05, 0.1) is 0 Å². The molecule has 138 valence electrons. The fraction of sp³-hybridized carbons (Fsp3) is 0.235. The van der Waals surface area contributed by atoms with Crippen molar-refractivity contribution in [3.8, 4) is 11.6 Å². The van der Waals surface area contributed by atoms with Crippen LogP contribution in [0.25, 0.3) is 5.69 Å². The Balaban J connectivity index is 2.05. The maximum absolute atomic E-state index is 13.8. The number of oxime groups is 1. The van der Waals surface area contributed by atoms with Gasteiger partial charge in [0.2, 0.25) is 5.88 Å². The molecule has 0 bridgehead atoms.